The molecule has 1 aliphatic rings. The molecule has 0 aromatic heterocycles. The Morgan fingerprint density at radius 1 is 1.00 bits per heavy atom. The monoisotopic (exact) mass is 465 g/mol. The minimum Gasteiger partial charge on any atom is -0.488 e. The van der Waals surface area contributed by atoms with Crippen molar-refractivity contribution < 1.29 is 9.53 Å². The smallest absolute Gasteiger partial charge is 0.270 e. The number of carbonyl (C=O) groups is 1. The predicted octanol–water partition coefficient (Wildman–Crippen LogP) is 6.89. The highest BCUT2D eigenvalue weighted by molar-refractivity contribution is 8.27. The lowest BCUT2D eigenvalue weighted by atomic mass is 10.1. The zero-order valence-corrected chi connectivity index (χ0v) is 19.3. The van der Waals surface area contributed by atoms with Gasteiger partial charge in [-0.15, -0.1) is 0 Å². The molecular formula is C25H20ClNO2S2. The summed E-state index contributed by atoms with van der Waals surface area (Å²) in [5.74, 6) is 0.568. The number of anilines is 1. The van der Waals surface area contributed by atoms with Gasteiger partial charge in [-0.3, -0.25) is 9.69 Å². The van der Waals surface area contributed by atoms with E-state index < -0.39 is 0 Å². The summed E-state index contributed by atoms with van der Waals surface area (Å²) < 4.78 is 6.56. The third-order valence-electron chi connectivity index (χ3n) is 4.95. The average molecular weight is 466 g/mol. The molecule has 1 heterocycles. The van der Waals surface area contributed by atoms with Crippen molar-refractivity contribution in [3.05, 3.63) is 99.4 Å². The van der Waals surface area contributed by atoms with Gasteiger partial charge in [0.15, 0.2) is 4.32 Å². The highest BCUT2D eigenvalue weighted by atomic mass is 35.5. The molecule has 3 aromatic carbocycles. The lowest BCUT2D eigenvalue weighted by Gasteiger charge is -2.18. The van der Waals surface area contributed by atoms with Gasteiger partial charge in [0.05, 0.1) is 10.6 Å². The van der Waals surface area contributed by atoms with Crippen LogP contribution in [0.5, 0.6) is 5.75 Å². The predicted molar refractivity (Wildman–Crippen MR) is 134 cm³/mol. The van der Waals surface area contributed by atoms with E-state index in [-0.39, 0.29) is 5.91 Å². The first kappa shape index (κ1) is 21.6. The van der Waals surface area contributed by atoms with Crippen LogP contribution in [0.3, 0.4) is 0 Å². The second-order valence-corrected chi connectivity index (χ2v) is 9.00. The minimum atomic E-state index is -0.114. The molecule has 1 amide bonds. The second-order valence-electron chi connectivity index (χ2n) is 6.92. The van der Waals surface area contributed by atoms with Gasteiger partial charge in [-0.25, -0.2) is 0 Å². The van der Waals surface area contributed by atoms with Crippen molar-refractivity contribution in [3.63, 3.8) is 0 Å². The zero-order chi connectivity index (χ0) is 21.8. The normalized spacial score (nSPS) is 15.0. The molecule has 0 bridgehead atoms. The first-order chi connectivity index (χ1) is 15.1. The van der Waals surface area contributed by atoms with Gasteiger partial charge in [-0.2, -0.15) is 0 Å². The van der Waals surface area contributed by atoms with Crippen molar-refractivity contribution in [1.29, 1.82) is 0 Å². The minimum absolute atomic E-state index is 0.114. The molecule has 0 atom stereocenters. The van der Waals surface area contributed by atoms with Crippen LogP contribution in [0.15, 0.2) is 77.7 Å². The Labute approximate surface area is 196 Å². The SMILES string of the molecule is CCc1ccccc1N1C(=O)C(=Cc2ccccc2OCc2ccccc2Cl)SC1=S. The molecule has 31 heavy (non-hydrogen) atoms. The summed E-state index contributed by atoms with van der Waals surface area (Å²) in [6.07, 6.45) is 2.67. The van der Waals surface area contributed by atoms with Gasteiger partial charge in [0.1, 0.15) is 12.4 Å². The standard InChI is InChI=1S/C25H20ClNO2S2/c1-2-17-9-4-7-13-21(17)27-24(28)23(31-25(27)30)15-18-10-5-8-14-22(18)29-16-19-11-3-6-12-20(19)26/h3-15H,2,16H2,1H3. The zero-order valence-electron chi connectivity index (χ0n) is 16.9. The molecule has 0 N–H and O–H groups in total. The van der Waals surface area contributed by atoms with Crippen molar-refractivity contribution in [2.24, 2.45) is 0 Å². The third kappa shape index (κ3) is 4.69. The van der Waals surface area contributed by atoms with Crippen LogP contribution in [-0.2, 0) is 17.8 Å². The van der Waals surface area contributed by atoms with Crippen LogP contribution in [0.25, 0.3) is 6.08 Å². The van der Waals surface area contributed by atoms with Crippen LogP contribution in [0.4, 0.5) is 5.69 Å². The number of hydrogen-bond donors (Lipinski definition) is 0. The summed E-state index contributed by atoms with van der Waals surface area (Å²) in [7, 11) is 0. The molecule has 0 radical (unpaired) electrons. The van der Waals surface area contributed by atoms with Gasteiger partial charge in [-0.05, 0) is 36.3 Å². The molecule has 1 fully saturated rings. The first-order valence-corrected chi connectivity index (χ1v) is 11.5. The number of thiocarbonyl (C=S) groups is 1. The topological polar surface area (TPSA) is 29.5 Å². The average Bonchev–Trinajstić information content (AvgIpc) is 3.06. The fourth-order valence-electron chi connectivity index (χ4n) is 3.35. The number of amides is 1. The lowest BCUT2D eigenvalue weighted by molar-refractivity contribution is -0.113. The maximum absolute atomic E-state index is 13.2. The van der Waals surface area contributed by atoms with Gasteiger partial charge in [0, 0.05) is 16.1 Å². The van der Waals surface area contributed by atoms with Gasteiger partial charge >= 0.3 is 0 Å². The second kappa shape index (κ2) is 9.69. The molecule has 0 saturated carbocycles. The van der Waals surface area contributed by atoms with Crippen LogP contribution in [0, 0.1) is 0 Å². The van der Waals surface area contributed by atoms with Gasteiger partial charge in [0.25, 0.3) is 5.91 Å². The molecule has 1 saturated heterocycles. The number of aryl methyl sites for hydroxylation is 1. The molecule has 156 valence electrons. The summed E-state index contributed by atoms with van der Waals surface area (Å²) in [6.45, 7) is 2.41. The number of thioether (sulfide) groups is 1. The Balaban J connectivity index is 1.60. The van der Waals surface area contributed by atoms with E-state index in [1.807, 2.05) is 78.9 Å². The molecule has 0 spiro atoms. The summed E-state index contributed by atoms with van der Waals surface area (Å²) in [6, 6.07) is 23.1. The molecule has 0 unspecified atom stereocenters. The number of carbonyl (C=O) groups excluding carboxylic acids is 1. The fourth-order valence-corrected chi connectivity index (χ4v) is 4.81. The largest absolute Gasteiger partial charge is 0.488 e. The summed E-state index contributed by atoms with van der Waals surface area (Å²) >= 11 is 13.1. The highest BCUT2D eigenvalue weighted by Gasteiger charge is 2.34. The van der Waals surface area contributed by atoms with Crippen molar-refractivity contribution in [2.75, 3.05) is 4.90 Å². The van der Waals surface area contributed by atoms with Crippen LogP contribution in [0.2, 0.25) is 5.02 Å². The summed E-state index contributed by atoms with van der Waals surface area (Å²) in [5.41, 5.74) is 3.66. The lowest BCUT2D eigenvalue weighted by Crippen LogP contribution is -2.28. The van der Waals surface area contributed by atoms with Gasteiger partial charge < -0.3 is 4.74 Å². The summed E-state index contributed by atoms with van der Waals surface area (Å²) in [4.78, 5) is 15.4. The van der Waals surface area contributed by atoms with Crippen LogP contribution in [0.1, 0.15) is 23.6 Å². The van der Waals surface area contributed by atoms with Gasteiger partial charge in [-0.1, -0.05) is 97.1 Å². The van der Waals surface area contributed by atoms with E-state index in [4.69, 9.17) is 28.6 Å². The van der Waals surface area contributed by atoms with E-state index in [2.05, 4.69) is 6.92 Å². The Hall–Kier alpha value is -2.60. The van der Waals surface area contributed by atoms with E-state index in [9.17, 15) is 4.79 Å². The number of para-hydroxylation sites is 2. The fraction of sp³-hybridized carbons (Fsp3) is 0.120. The van der Waals surface area contributed by atoms with Crippen molar-refractivity contribution in [1.82, 2.24) is 0 Å². The molecule has 4 rings (SSSR count). The third-order valence-corrected chi connectivity index (χ3v) is 6.62. The molecular weight excluding hydrogens is 446 g/mol. The number of benzene rings is 3. The van der Waals surface area contributed by atoms with Crippen LogP contribution in [-0.4, -0.2) is 10.2 Å². The maximum atomic E-state index is 13.2. The van der Waals surface area contributed by atoms with Crippen molar-refractivity contribution >= 4 is 57.6 Å². The molecule has 3 aromatic rings. The molecule has 1 aliphatic heterocycles. The number of ether oxygens (including phenoxy) is 1. The first-order valence-electron chi connectivity index (χ1n) is 9.89. The van der Waals surface area contributed by atoms with E-state index in [1.165, 1.54) is 11.8 Å². The van der Waals surface area contributed by atoms with Crippen molar-refractivity contribution in [2.45, 2.75) is 20.0 Å². The number of rotatable bonds is 6. The van der Waals surface area contributed by atoms with Gasteiger partial charge in [0.2, 0.25) is 0 Å². The number of hydrogen-bond acceptors (Lipinski definition) is 4. The van der Waals surface area contributed by atoms with Crippen LogP contribution >= 0.6 is 35.6 Å². The van der Waals surface area contributed by atoms with E-state index in [1.54, 1.807) is 4.90 Å². The highest BCUT2D eigenvalue weighted by Crippen LogP contribution is 2.38. The van der Waals surface area contributed by atoms with E-state index in [0.717, 1.165) is 28.8 Å². The van der Waals surface area contributed by atoms with Crippen molar-refractivity contribution in [3.8, 4) is 5.75 Å². The number of halogens is 1. The Kier molecular flexibility index (Phi) is 6.76. The molecule has 0 aliphatic carbocycles. The van der Waals surface area contributed by atoms with E-state index in [0.29, 0.717) is 26.6 Å². The summed E-state index contributed by atoms with van der Waals surface area (Å²) in [5, 5.41) is 0.662. The van der Waals surface area contributed by atoms with E-state index >= 15 is 0 Å². The Bertz CT molecular complexity index is 1180. The Morgan fingerprint density at radius 2 is 1.68 bits per heavy atom. The number of nitrogens with zero attached hydrogens (tertiary/aromatic N) is 1. The Morgan fingerprint density at radius 3 is 2.45 bits per heavy atom. The molecule has 6 heteroatoms. The molecule has 3 nitrogen and oxygen atoms in total. The van der Waals surface area contributed by atoms with Crippen LogP contribution < -0.4 is 9.64 Å². The maximum Gasteiger partial charge on any atom is 0.270 e. The quantitative estimate of drug-likeness (QED) is 0.293.